The van der Waals surface area contributed by atoms with E-state index in [0.717, 1.165) is 0 Å². The van der Waals surface area contributed by atoms with Crippen LogP contribution in [-0.4, -0.2) is 41.5 Å². The third-order valence-electron chi connectivity index (χ3n) is 4.94. The molecule has 0 fully saturated rings. The largest absolute Gasteiger partial charge is 0.482 e. The summed E-state index contributed by atoms with van der Waals surface area (Å²) in [7, 11) is 0. The molecule has 0 radical (unpaired) electrons. The van der Waals surface area contributed by atoms with Crippen molar-refractivity contribution in [1.29, 1.82) is 0 Å². The summed E-state index contributed by atoms with van der Waals surface area (Å²) in [5.74, 6) is -1.01. The lowest BCUT2D eigenvalue weighted by Gasteiger charge is -2.08. The average Bonchev–Trinajstić information content (AvgIpc) is 3.10. The molecular weight excluding hydrogens is 410 g/mol. The van der Waals surface area contributed by atoms with E-state index in [1.165, 1.54) is 6.92 Å². The summed E-state index contributed by atoms with van der Waals surface area (Å²) in [5, 5.41) is 0. The molecule has 0 amide bonds. The number of rotatable bonds is 9. The van der Waals surface area contributed by atoms with Crippen LogP contribution >= 0.6 is 0 Å². The van der Waals surface area contributed by atoms with Gasteiger partial charge in [-0.15, -0.1) is 0 Å². The molecule has 0 aliphatic rings. The standard InChI is InChI=1S/C25H23NO6/c1-15-23(17(3)27)16(2)26-24(15)21(28)13-32-22(29)14-31-20-11-9-19(10-12-20)25(30)18-7-5-4-6-8-18/h4-12,26H,13-14H2,1-3H3. The van der Waals surface area contributed by atoms with E-state index in [1.54, 1.807) is 62.4 Å². The molecule has 1 aromatic heterocycles. The van der Waals surface area contributed by atoms with Crippen LogP contribution < -0.4 is 4.74 Å². The zero-order valence-corrected chi connectivity index (χ0v) is 18.1. The minimum absolute atomic E-state index is 0.113. The summed E-state index contributed by atoms with van der Waals surface area (Å²) < 4.78 is 10.4. The Hall–Kier alpha value is -4.00. The van der Waals surface area contributed by atoms with Crippen LogP contribution in [-0.2, 0) is 9.53 Å². The van der Waals surface area contributed by atoms with Crippen molar-refractivity contribution in [2.24, 2.45) is 0 Å². The van der Waals surface area contributed by atoms with Gasteiger partial charge in [-0.25, -0.2) is 4.79 Å². The Balaban J connectivity index is 1.51. The van der Waals surface area contributed by atoms with E-state index < -0.39 is 18.4 Å². The van der Waals surface area contributed by atoms with Crippen molar-refractivity contribution in [2.75, 3.05) is 13.2 Å². The number of ether oxygens (including phenoxy) is 2. The molecule has 0 spiro atoms. The first-order valence-electron chi connectivity index (χ1n) is 9.99. The molecule has 7 heteroatoms. The van der Waals surface area contributed by atoms with Crippen LogP contribution in [0.25, 0.3) is 0 Å². The summed E-state index contributed by atoms with van der Waals surface area (Å²) in [5.41, 5.74) is 2.94. The molecule has 0 bridgehead atoms. The molecule has 1 N–H and O–H groups in total. The fraction of sp³-hybridized carbons (Fsp3) is 0.200. The van der Waals surface area contributed by atoms with E-state index in [-0.39, 0.29) is 23.9 Å². The first-order valence-corrected chi connectivity index (χ1v) is 9.99. The minimum atomic E-state index is -0.712. The molecule has 1 heterocycles. The third-order valence-corrected chi connectivity index (χ3v) is 4.94. The van der Waals surface area contributed by atoms with E-state index in [2.05, 4.69) is 4.98 Å². The number of benzene rings is 2. The SMILES string of the molecule is CC(=O)c1c(C)[nH]c(C(=O)COC(=O)COc2ccc(C(=O)c3ccccc3)cc2)c1C. The van der Waals surface area contributed by atoms with Crippen LogP contribution in [0.5, 0.6) is 5.75 Å². The molecule has 3 rings (SSSR count). The topological polar surface area (TPSA) is 103 Å². The lowest BCUT2D eigenvalue weighted by Crippen LogP contribution is -2.20. The number of ketones is 3. The monoisotopic (exact) mass is 433 g/mol. The van der Waals surface area contributed by atoms with Gasteiger partial charge in [-0.05, 0) is 50.6 Å². The Kier molecular flexibility index (Phi) is 7.00. The summed E-state index contributed by atoms with van der Waals surface area (Å²) in [6.45, 7) is 3.95. The van der Waals surface area contributed by atoms with Gasteiger partial charge < -0.3 is 14.5 Å². The number of esters is 1. The maximum Gasteiger partial charge on any atom is 0.344 e. The van der Waals surface area contributed by atoms with Gasteiger partial charge in [-0.1, -0.05) is 30.3 Å². The second-order valence-corrected chi connectivity index (χ2v) is 7.27. The van der Waals surface area contributed by atoms with Crippen molar-refractivity contribution in [3.8, 4) is 5.75 Å². The Bertz CT molecular complexity index is 1160. The maximum absolute atomic E-state index is 12.4. The number of aromatic amines is 1. The zero-order chi connectivity index (χ0) is 23.3. The number of Topliss-reactive ketones (excluding diaryl/α,β-unsaturated/α-hetero) is 2. The first-order chi connectivity index (χ1) is 15.3. The molecule has 0 unspecified atom stereocenters. The number of hydrogen-bond donors (Lipinski definition) is 1. The number of hydrogen-bond acceptors (Lipinski definition) is 6. The smallest absolute Gasteiger partial charge is 0.344 e. The molecule has 0 atom stereocenters. The highest BCUT2D eigenvalue weighted by Crippen LogP contribution is 2.19. The summed E-state index contributed by atoms with van der Waals surface area (Å²) in [4.78, 5) is 51.3. The van der Waals surface area contributed by atoms with Crippen molar-refractivity contribution in [1.82, 2.24) is 4.98 Å². The van der Waals surface area contributed by atoms with E-state index in [9.17, 15) is 19.2 Å². The number of nitrogens with one attached hydrogen (secondary N) is 1. The van der Waals surface area contributed by atoms with Gasteiger partial charge in [0.2, 0.25) is 5.78 Å². The number of carbonyl (C=O) groups excluding carboxylic acids is 4. The molecule has 0 aliphatic heterocycles. The van der Waals surface area contributed by atoms with Crippen LogP contribution in [0.3, 0.4) is 0 Å². The van der Waals surface area contributed by atoms with E-state index in [4.69, 9.17) is 9.47 Å². The van der Waals surface area contributed by atoms with Gasteiger partial charge >= 0.3 is 5.97 Å². The predicted molar refractivity (Wildman–Crippen MR) is 117 cm³/mol. The highest BCUT2D eigenvalue weighted by Gasteiger charge is 2.20. The number of aryl methyl sites for hydroxylation is 1. The van der Waals surface area contributed by atoms with Gasteiger partial charge in [0.15, 0.2) is 24.8 Å². The van der Waals surface area contributed by atoms with Gasteiger partial charge in [-0.3, -0.25) is 14.4 Å². The van der Waals surface area contributed by atoms with Crippen LogP contribution in [0, 0.1) is 13.8 Å². The van der Waals surface area contributed by atoms with Crippen LogP contribution in [0.2, 0.25) is 0 Å². The zero-order valence-electron chi connectivity index (χ0n) is 18.1. The Labute approximate surface area is 185 Å². The Morgan fingerprint density at radius 1 is 0.844 bits per heavy atom. The van der Waals surface area contributed by atoms with Gasteiger partial charge in [0.25, 0.3) is 0 Å². The molecular formula is C25H23NO6. The lowest BCUT2D eigenvalue weighted by atomic mass is 10.0. The second kappa shape index (κ2) is 9.87. The number of aromatic nitrogens is 1. The molecule has 3 aromatic rings. The summed E-state index contributed by atoms with van der Waals surface area (Å²) >= 11 is 0. The quantitative estimate of drug-likeness (QED) is 0.406. The van der Waals surface area contributed by atoms with Gasteiger partial charge in [-0.2, -0.15) is 0 Å². The molecule has 0 aliphatic carbocycles. The van der Waals surface area contributed by atoms with Crippen LogP contribution in [0.1, 0.15) is 54.9 Å². The van der Waals surface area contributed by atoms with E-state index >= 15 is 0 Å². The van der Waals surface area contributed by atoms with Gasteiger partial charge in [0, 0.05) is 22.4 Å². The maximum atomic E-state index is 12.4. The fourth-order valence-electron chi connectivity index (χ4n) is 3.42. The first kappa shape index (κ1) is 22.7. The summed E-state index contributed by atoms with van der Waals surface area (Å²) in [6.07, 6.45) is 0. The third kappa shape index (κ3) is 5.18. The molecule has 0 saturated carbocycles. The van der Waals surface area contributed by atoms with Crippen LogP contribution in [0.15, 0.2) is 54.6 Å². The summed E-state index contributed by atoms with van der Waals surface area (Å²) in [6, 6.07) is 15.3. The van der Waals surface area contributed by atoms with Crippen molar-refractivity contribution < 1.29 is 28.7 Å². The molecule has 2 aromatic carbocycles. The Morgan fingerprint density at radius 2 is 1.47 bits per heavy atom. The predicted octanol–water partition coefficient (Wildman–Crippen LogP) is 3.87. The normalized spacial score (nSPS) is 10.5. The van der Waals surface area contributed by atoms with Crippen molar-refractivity contribution >= 4 is 23.3 Å². The van der Waals surface area contributed by atoms with Gasteiger partial charge in [0.1, 0.15) is 5.75 Å². The fourth-order valence-corrected chi connectivity index (χ4v) is 3.42. The lowest BCUT2D eigenvalue weighted by molar-refractivity contribution is -0.144. The molecule has 7 nitrogen and oxygen atoms in total. The molecule has 32 heavy (non-hydrogen) atoms. The van der Waals surface area contributed by atoms with E-state index in [1.807, 2.05) is 6.07 Å². The molecule has 0 saturated heterocycles. The highest BCUT2D eigenvalue weighted by molar-refractivity contribution is 6.09. The number of carbonyl (C=O) groups is 4. The highest BCUT2D eigenvalue weighted by atomic mass is 16.6. The van der Waals surface area contributed by atoms with Crippen molar-refractivity contribution in [2.45, 2.75) is 20.8 Å². The van der Waals surface area contributed by atoms with Crippen LogP contribution in [0.4, 0.5) is 0 Å². The van der Waals surface area contributed by atoms with Crippen molar-refractivity contribution in [3.63, 3.8) is 0 Å². The molecule has 164 valence electrons. The van der Waals surface area contributed by atoms with Gasteiger partial charge in [0.05, 0.1) is 5.69 Å². The average molecular weight is 433 g/mol. The van der Waals surface area contributed by atoms with E-state index in [0.29, 0.717) is 33.7 Å². The van der Waals surface area contributed by atoms with Crippen molar-refractivity contribution in [3.05, 3.63) is 88.2 Å². The Morgan fingerprint density at radius 3 is 2.06 bits per heavy atom. The second-order valence-electron chi connectivity index (χ2n) is 7.27. The number of H-pyrrole nitrogens is 1. The minimum Gasteiger partial charge on any atom is -0.482 e.